The molecule has 0 saturated carbocycles. The van der Waals surface area contributed by atoms with E-state index in [2.05, 4.69) is 14.9 Å². The molecule has 136 valence electrons. The first-order valence-electron chi connectivity index (χ1n) is 7.00. The molecule has 3 aromatic rings. The summed E-state index contributed by atoms with van der Waals surface area (Å²) < 4.78 is 84.3. The van der Waals surface area contributed by atoms with Crippen LogP contribution in [-0.2, 0) is 6.18 Å². The molecule has 4 nitrogen and oxygen atoms in total. The summed E-state index contributed by atoms with van der Waals surface area (Å²) in [6, 6.07) is 9.05. The van der Waals surface area contributed by atoms with Crippen molar-refractivity contribution in [2.24, 2.45) is 0 Å². The molecule has 0 radical (unpaired) electrons. The van der Waals surface area contributed by atoms with E-state index in [-0.39, 0.29) is 22.9 Å². The summed E-state index contributed by atoms with van der Waals surface area (Å²) in [4.78, 5) is 0. The Morgan fingerprint density at radius 2 is 1.38 bits per heavy atom. The highest BCUT2D eigenvalue weighted by Gasteiger charge is 2.33. The number of rotatable bonds is 3. The molecule has 0 fully saturated rings. The fraction of sp³-hybridized carbons (Fsp3) is 0.125. The Morgan fingerprint density at radius 3 is 2.00 bits per heavy atom. The molecule has 0 spiro atoms. The van der Waals surface area contributed by atoms with Crippen LogP contribution in [-0.4, -0.2) is 16.6 Å². The molecule has 0 saturated heterocycles. The summed E-state index contributed by atoms with van der Waals surface area (Å²) in [6.07, 6.45) is -9.40. The Hall–Kier alpha value is -3.04. The average Bonchev–Trinajstić information content (AvgIpc) is 3.03. The van der Waals surface area contributed by atoms with Gasteiger partial charge in [-0.3, -0.25) is 0 Å². The van der Waals surface area contributed by atoms with E-state index >= 15 is 0 Å². The van der Waals surface area contributed by atoms with Gasteiger partial charge in [0, 0.05) is 5.56 Å². The Kier molecular flexibility index (Phi) is 4.34. The van der Waals surface area contributed by atoms with E-state index in [0.717, 1.165) is 30.3 Å². The highest BCUT2D eigenvalue weighted by Crippen LogP contribution is 2.35. The van der Waals surface area contributed by atoms with E-state index < -0.39 is 23.9 Å². The number of halogens is 6. The average molecular weight is 374 g/mol. The van der Waals surface area contributed by atoms with E-state index in [1.165, 1.54) is 18.2 Å². The van der Waals surface area contributed by atoms with E-state index in [1.54, 1.807) is 0 Å². The Morgan fingerprint density at radius 1 is 0.769 bits per heavy atom. The van der Waals surface area contributed by atoms with Crippen molar-refractivity contribution in [3.05, 3.63) is 54.1 Å². The fourth-order valence-electron chi connectivity index (χ4n) is 2.11. The number of hydrogen-bond acceptors (Lipinski definition) is 4. The second-order valence-electron chi connectivity index (χ2n) is 5.03. The monoisotopic (exact) mass is 374 g/mol. The standard InChI is InChI=1S/C16H8F6N2O2/c17-15(18,19)10-7-5-9(6-8-10)13-23-24-14(25-13)11-3-1-2-4-12(11)26-16(20,21)22/h1-8H. The molecular weight excluding hydrogens is 366 g/mol. The zero-order valence-electron chi connectivity index (χ0n) is 12.6. The van der Waals surface area contributed by atoms with Gasteiger partial charge >= 0.3 is 12.5 Å². The van der Waals surface area contributed by atoms with E-state index in [0.29, 0.717) is 0 Å². The minimum absolute atomic E-state index is 0.101. The summed E-state index contributed by atoms with van der Waals surface area (Å²) >= 11 is 0. The number of benzene rings is 2. The lowest BCUT2D eigenvalue weighted by Gasteiger charge is -2.10. The van der Waals surface area contributed by atoms with Gasteiger partial charge in [0.15, 0.2) is 0 Å². The molecule has 1 heterocycles. The number of alkyl halides is 6. The van der Waals surface area contributed by atoms with Crippen LogP contribution >= 0.6 is 0 Å². The van der Waals surface area contributed by atoms with Gasteiger partial charge in [0.05, 0.1) is 11.1 Å². The maximum atomic E-state index is 12.6. The smallest absolute Gasteiger partial charge is 0.416 e. The highest BCUT2D eigenvalue weighted by atomic mass is 19.4. The van der Waals surface area contributed by atoms with Gasteiger partial charge in [-0.2, -0.15) is 13.2 Å². The molecule has 0 N–H and O–H groups in total. The summed E-state index contributed by atoms with van der Waals surface area (Å²) in [5.74, 6) is -0.946. The number of hydrogen-bond donors (Lipinski definition) is 0. The van der Waals surface area contributed by atoms with Crippen LogP contribution in [0.15, 0.2) is 52.9 Å². The first-order chi connectivity index (χ1) is 12.1. The predicted octanol–water partition coefficient (Wildman–Crippen LogP) is 5.32. The van der Waals surface area contributed by atoms with Gasteiger partial charge in [0.2, 0.25) is 5.89 Å². The molecule has 0 aliphatic rings. The lowest BCUT2D eigenvalue weighted by Crippen LogP contribution is -2.17. The molecule has 3 rings (SSSR count). The van der Waals surface area contributed by atoms with Crippen molar-refractivity contribution in [2.75, 3.05) is 0 Å². The molecule has 1 aromatic heterocycles. The van der Waals surface area contributed by atoms with Crippen molar-refractivity contribution in [3.8, 4) is 28.7 Å². The molecule has 0 aliphatic heterocycles. The van der Waals surface area contributed by atoms with E-state index in [1.807, 2.05) is 0 Å². The topological polar surface area (TPSA) is 48.2 Å². The lowest BCUT2D eigenvalue weighted by atomic mass is 10.1. The second-order valence-corrected chi connectivity index (χ2v) is 5.03. The zero-order chi connectivity index (χ0) is 18.9. The molecule has 0 aliphatic carbocycles. The molecule has 26 heavy (non-hydrogen) atoms. The summed E-state index contributed by atoms with van der Waals surface area (Å²) in [7, 11) is 0. The molecule has 0 unspecified atom stereocenters. The van der Waals surface area contributed by atoms with Crippen LogP contribution in [0, 0.1) is 0 Å². The zero-order valence-corrected chi connectivity index (χ0v) is 12.6. The Bertz CT molecular complexity index is 900. The van der Waals surface area contributed by atoms with Crippen LogP contribution in [0.5, 0.6) is 5.75 Å². The van der Waals surface area contributed by atoms with Crippen LogP contribution < -0.4 is 4.74 Å². The molecule has 2 aromatic carbocycles. The number of aromatic nitrogens is 2. The van der Waals surface area contributed by atoms with Crippen LogP contribution in [0.4, 0.5) is 26.3 Å². The van der Waals surface area contributed by atoms with Gasteiger partial charge in [-0.25, -0.2) is 0 Å². The first kappa shape index (κ1) is 17.8. The van der Waals surface area contributed by atoms with Crippen LogP contribution in [0.1, 0.15) is 5.56 Å². The third-order valence-electron chi connectivity index (χ3n) is 3.23. The number of nitrogens with zero attached hydrogens (tertiary/aromatic N) is 2. The normalized spacial score (nSPS) is 12.2. The minimum Gasteiger partial charge on any atom is -0.416 e. The van der Waals surface area contributed by atoms with Crippen LogP contribution in [0.2, 0.25) is 0 Å². The summed E-state index contributed by atoms with van der Waals surface area (Å²) in [5.41, 5.74) is -0.772. The molecular formula is C16H8F6N2O2. The van der Waals surface area contributed by atoms with Crippen molar-refractivity contribution in [1.29, 1.82) is 0 Å². The Balaban J connectivity index is 1.92. The van der Waals surface area contributed by atoms with Crippen molar-refractivity contribution in [1.82, 2.24) is 10.2 Å². The third-order valence-corrected chi connectivity index (χ3v) is 3.23. The summed E-state index contributed by atoms with van der Waals surface area (Å²) in [6.45, 7) is 0. The van der Waals surface area contributed by atoms with Crippen LogP contribution in [0.3, 0.4) is 0 Å². The molecule has 0 amide bonds. The van der Waals surface area contributed by atoms with Crippen LogP contribution in [0.25, 0.3) is 22.9 Å². The second kappa shape index (κ2) is 6.36. The number of para-hydroxylation sites is 1. The van der Waals surface area contributed by atoms with Gasteiger partial charge in [-0.15, -0.1) is 23.4 Å². The van der Waals surface area contributed by atoms with Gasteiger partial charge in [0.1, 0.15) is 5.75 Å². The van der Waals surface area contributed by atoms with Crippen molar-refractivity contribution in [2.45, 2.75) is 12.5 Å². The molecule has 0 atom stereocenters. The largest absolute Gasteiger partial charge is 0.573 e. The maximum absolute atomic E-state index is 12.6. The fourth-order valence-corrected chi connectivity index (χ4v) is 2.11. The van der Waals surface area contributed by atoms with Gasteiger partial charge in [-0.05, 0) is 36.4 Å². The van der Waals surface area contributed by atoms with Crippen molar-refractivity contribution >= 4 is 0 Å². The van der Waals surface area contributed by atoms with Crippen molar-refractivity contribution in [3.63, 3.8) is 0 Å². The van der Waals surface area contributed by atoms with Gasteiger partial charge in [0.25, 0.3) is 5.89 Å². The van der Waals surface area contributed by atoms with E-state index in [4.69, 9.17) is 4.42 Å². The lowest BCUT2D eigenvalue weighted by molar-refractivity contribution is -0.274. The maximum Gasteiger partial charge on any atom is 0.573 e. The first-order valence-corrected chi connectivity index (χ1v) is 7.00. The quantitative estimate of drug-likeness (QED) is 0.582. The third kappa shape index (κ3) is 3.95. The SMILES string of the molecule is FC(F)(F)Oc1ccccc1-c1nnc(-c2ccc(C(F)(F)F)cc2)o1. The summed E-state index contributed by atoms with van der Waals surface area (Å²) in [5, 5.41) is 7.30. The van der Waals surface area contributed by atoms with Crippen molar-refractivity contribution < 1.29 is 35.5 Å². The van der Waals surface area contributed by atoms with Gasteiger partial charge < -0.3 is 9.15 Å². The highest BCUT2D eigenvalue weighted by molar-refractivity contribution is 5.64. The molecule has 10 heteroatoms. The Labute approximate surface area is 142 Å². The van der Waals surface area contributed by atoms with Gasteiger partial charge in [-0.1, -0.05) is 12.1 Å². The minimum atomic E-state index is -4.91. The predicted molar refractivity (Wildman–Crippen MR) is 76.9 cm³/mol. The number of ether oxygens (including phenoxy) is 1. The molecule has 0 bridgehead atoms. The van der Waals surface area contributed by atoms with E-state index in [9.17, 15) is 26.3 Å².